The van der Waals surface area contributed by atoms with Crippen LogP contribution in [0.1, 0.15) is 45.3 Å². The van der Waals surface area contributed by atoms with Gasteiger partial charge in [-0.3, -0.25) is 9.59 Å². The Morgan fingerprint density at radius 3 is 2.52 bits per heavy atom. The second kappa shape index (κ2) is 7.12. The maximum Gasteiger partial charge on any atom is 0.252 e. The predicted octanol–water partition coefficient (Wildman–Crippen LogP) is 4.05. The standard InChI is InChI=1S/C24H21N5O2/c1-13-11-14(2)26-24(25-13)29-23-21(15(3)28-29)19(12-20(30)27-23)22(31)18-10-6-8-16-7-4-5-9-17(16)18/h4-11,19H,12H2,1-3H3,(H,27,30). The molecule has 2 aromatic heterocycles. The fourth-order valence-electron chi connectivity index (χ4n) is 4.35. The number of aryl methyl sites for hydroxylation is 3. The number of benzene rings is 2. The van der Waals surface area contributed by atoms with E-state index in [1.54, 1.807) is 0 Å². The van der Waals surface area contributed by atoms with Crippen molar-refractivity contribution < 1.29 is 9.59 Å². The van der Waals surface area contributed by atoms with Gasteiger partial charge in [0.1, 0.15) is 5.82 Å². The monoisotopic (exact) mass is 411 g/mol. The summed E-state index contributed by atoms with van der Waals surface area (Å²) in [5.74, 6) is -0.0829. The van der Waals surface area contributed by atoms with E-state index in [1.807, 2.05) is 69.3 Å². The molecule has 154 valence electrons. The molecule has 0 radical (unpaired) electrons. The molecule has 1 unspecified atom stereocenters. The molecule has 31 heavy (non-hydrogen) atoms. The number of hydrogen-bond acceptors (Lipinski definition) is 5. The van der Waals surface area contributed by atoms with Gasteiger partial charge >= 0.3 is 0 Å². The van der Waals surface area contributed by atoms with Gasteiger partial charge in [-0.15, -0.1) is 0 Å². The van der Waals surface area contributed by atoms with Crippen molar-refractivity contribution in [3.63, 3.8) is 0 Å². The third kappa shape index (κ3) is 3.18. The van der Waals surface area contributed by atoms with Gasteiger partial charge in [0.2, 0.25) is 5.91 Å². The number of amides is 1. The molecule has 7 nitrogen and oxygen atoms in total. The van der Waals surface area contributed by atoms with Gasteiger partial charge in [-0.25, -0.2) is 9.97 Å². The van der Waals surface area contributed by atoms with Crippen molar-refractivity contribution in [1.82, 2.24) is 19.7 Å². The molecule has 4 aromatic rings. The van der Waals surface area contributed by atoms with Crippen LogP contribution in [0.15, 0.2) is 48.5 Å². The van der Waals surface area contributed by atoms with Crippen LogP contribution in [-0.4, -0.2) is 31.4 Å². The van der Waals surface area contributed by atoms with E-state index in [-0.39, 0.29) is 18.1 Å². The lowest BCUT2D eigenvalue weighted by atomic mass is 9.84. The number of carbonyl (C=O) groups excluding carboxylic acids is 2. The van der Waals surface area contributed by atoms with E-state index < -0.39 is 5.92 Å². The Bertz CT molecular complexity index is 1350. The van der Waals surface area contributed by atoms with Gasteiger partial charge in [0.05, 0.1) is 11.6 Å². The molecule has 0 spiro atoms. The first-order chi connectivity index (χ1) is 14.9. The lowest BCUT2D eigenvalue weighted by Crippen LogP contribution is -2.28. The van der Waals surface area contributed by atoms with Crippen molar-refractivity contribution in [2.75, 3.05) is 5.32 Å². The van der Waals surface area contributed by atoms with Gasteiger partial charge in [0.25, 0.3) is 5.95 Å². The van der Waals surface area contributed by atoms with E-state index in [1.165, 1.54) is 4.68 Å². The first-order valence-electron chi connectivity index (χ1n) is 10.2. The summed E-state index contributed by atoms with van der Waals surface area (Å²) in [6.07, 6.45) is 0.0787. The molecule has 0 fully saturated rings. The summed E-state index contributed by atoms with van der Waals surface area (Å²) in [4.78, 5) is 35.2. The van der Waals surface area contributed by atoms with Crippen LogP contribution >= 0.6 is 0 Å². The molecule has 0 bridgehead atoms. The van der Waals surface area contributed by atoms with Crippen LogP contribution in [0, 0.1) is 20.8 Å². The summed E-state index contributed by atoms with van der Waals surface area (Å²) >= 11 is 0. The summed E-state index contributed by atoms with van der Waals surface area (Å²) in [5.41, 5.74) is 3.61. The van der Waals surface area contributed by atoms with Gasteiger partial charge in [0, 0.05) is 28.9 Å². The highest BCUT2D eigenvalue weighted by atomic mass is 16.2. The number of anilines is 1. The molecule has 7 heteroatoms. The van der Waals surface area contributed by atoms with E-state index >= 15 is 0 Å². The van der Waals surface area contributed by atoms with Crippen LogP contribution in [0.5, 0.6) is 0 Å². The van der Waals surface area contributed by atoms with Crippen molar-refractivity contribution in [1.29, 1.82) is 0 Å². The Hall–Kier alpha value is -3.87. The van der Waals surface area contributed by atoms with Crippen LogP contribution < -0.4 is 5.32 Å². The van der Waals surface area contributed by atoms with Crippen molar-refractivity contribution in [3.8, 4) is 5.95 Å². The quantitative estimate of drug-likeness (QED) is 0.514. The van der Waals surface area contributed by atoms with E-state index in [2.05, 4.69) is 20.4 Å². The third-order valence-electron chi connectivity index (χ3n) is 5.63. The van der Waals surface area contributed by atoms with Crippen LogP contribution in [0.2, 0.25) is 0 Å². The maximum absolute atomic E-state index is 13.7. The van der Waals surface area contributed by atoms with Crippen LogP contribution in [0.3, 0.4) is 0 Å². The number of Topliss-reactive ketones (excluding diaryl/α,β-unsaturated/α-hetero) is 1. The molecule has 0 saturated heterocycles. The molecule has 1 N–H and O–H groups in total. The highest BCUT2D eigenvalue weighted by molar-refractivity contribution is 6.14. The Labute approximate surface area is 179 Å². The van der Waals surface area contributed by atoms with Gasteiger partial charge in [-0.1, -0.05) is 42.5 Å². The first-order valence-corrected chi connectivity index (χ1v) is 10.2. The van der Waals surface area contributed by atoms with E-state index in [0.29, 0.717) is 23.0 Å². The average molecular weight is 411 g/mol. The fraction of sp³-hybridized carbons (Fsp3) is 0.208. The minimum Gasteiger partial charge on any atom is -0.310 e. The molecule has 1 aliphatic heterocycles. The summed E-state index contributed by atoms with van der Waals surface area (Å²) < 4.78 is 1.53. The maximum atomic E-state index is 13.7. The topological polar surface area (TPSA) is 89.8 Å². The Kier molecular flexibility index (Phi) is 4.39. The number of aromatic nitrogens is 4. The summed E-state index contributed by atoms with van der Waals surface area (Å²) in [6, 6.07) is 15.3. The molecule has 1 amide bonds. The van der Waals surface area contributed by atoms with Gasteiger partial charge in [-0.05, 0) is 37.6 Å². The summed E-state index contributed by atoms with van der Waals surface area (Å²) in [7, 11) is 0. The number of nitrogens with zero attached hydrogens (tertiary/aromatic N) is 4. The molecule has 2 aromatic carbocycles. The van der Waals surface area contributed by atoms with E-state index in [0.717, 1.165) is 27.7 Å². The second-order valence-corrected chi connectivity index (χ2v) is 7.91. The number of rotatable bonds is 3. The SMILES string of the molecule is Cc1cc(C)nc(-n2nc(C)c3c2NC(=O)CC3C(=O)c2cccc3ccccc23)n1. The van der Waals surface area contributed by atoms with Crippen molar-refractivity contribution in [2.45, 2.75) is 33.1 Å². The number of carbonyl (C=O) groups is 2. The zero-order chi connectivity index (χ0) is 21.7. The smallest absolute Gasteiger partial charge is 0.252 e. The zero-order valence-electron chi connectivity index (χ0n) is 17.5. The van der Waals surface area contributed by atoms with Crippen LogP contribution in [0.4, 0.5) is 5.82 Å². The summed E-state index contributed by atoms with van der Waals surface area (Å²) in [5, 5.41) is 9.35. The molecule has 0 saturated carbocycles. The highest BCUT2D eigenvalue weighted by Crippen LogP contribution is 2.38. The molecule has 3 heterocycles. The molecular weight excluding hydrogens is 390 g/mol. The minimum absolute atomic E-state index is 0.0787. The summed E-state index contributed by atoms with van der Waals surface area (Å²) in [6.45, 7) is 5.61. The van der Waals surface area contributed by atoms with Crippen molar-refractivity contribution in [3.05, 3.63) is 76.7 Å². The fourth-order valence-corrected chi connectivity index (χ4v) is 4.35. The lowest BCUT2D eigenvalue weighted by Gasteiger charge is -2.23. The molecule has 0 aliphatic carbocycles. The van der Waals surface area contributed by atoms with E-state index in [9.17, 15) is 9.59 Å². The minimum atomic E-state index is -0.616. The first kappa shape index (κ1) is 19.1. The molecule has 1 aliphatic rings. The van der Waals surface area contributed by atoms with Crippen LogP contribution in [0.25, 0.3) is 16.7 Å². The Morgan fingerprint density at radius 1 is 1.03 bits per heavy atom. The molecule has 1 atom stereocenters. The number of hydrogen-bond donors (Lipinski definition) is 1. The predicted molar refractivity (Wildman–Crippen MR) is 118 cm³/mol. The molecular formula is C24H21N5O2. The zero-order valence-corrected chi connectivity index (χ0v) is 17.5. The number of ketones is 1. The van der Waals surface area contributed by atoms with Crippen LogP contribution in [-0.2, 0) is 4.79 Å². The second-order valence-electron chi connectivity index (χ2n) is 7.91. The Morgan fingerprint density at radius 2 is 1.74 bits per heavy atom. The number of fused-ring (bicyclic) bond motifs is 2. The highest BCUT2D eigenvalue weighted by Gasteiger charge is 2.37. The average Bonchev–Trinajstić information content (AvgIpc) is 3.08. The molecule has 5 rings (SSSR count). The van der Waals surface area contributed by atoms with Crippen molar-refractivity contribution >= 4 is 28.3 Å². The van der Waals surface area contributed by atoms with Gasteiger partial charge < -0.3 is 5.32 Å². The van der Waals surface area contributed by atoms with Gasteiger partial charge in [-0.2, -0.15) is 9.78 Å². The number of nitrogens with one attached hydrogen (secondary N) is 1. The largest absolute Gasteiger partial charge is 0.310 e. The Balaban J connectivity index is 1.66. The third-order valence-corrected chi connectivity index (χ3v) is 5.63. The van der Waals surface area contributed by atoms with Crippen molar-refractivity contribution in [2.24, 2.45) is 0 Å². The van der Waals surface area contributed by atoms with Gasteiger partial charge in [0.15, 0.2) is 5.78 Å². The normalized spacial score (nSPS) is 15.6. The lowest BCUT2D eigenvalue weighted by molar-refractivity contribution is -0.116. The van der Waals surface area contributed by atoms with E-state index in [4.69, 9.17) is 0 Å².